The summed E-state index contributed by atoms with van der Waals surface area (Å²) >= 11 is 0. The maximum atomic E-state index is 12.7. The number of piperidine rings is 1. The Hall–Kier alpha value is -2.86. The van der Waals surface area contributed by atoms with Crippen LogP contribution in [0.2, 0.25) is 0 Å². The molecule has 2 aromatic rings. The third kappa shape index (κ3) is 6.56. The summed E-state index contributed by atoms with van der Waals surface area (Å²) in [4.78, 5) is 29.6. The minimum atomic E-state index is -0.0239. The van der Waals surface area contributed by atoms with Crippen LogP contribution in [0, 0.1) is 6.92 Å². The predicted octanol–water partition coefficient (Wildman–Crippen LogP) is 3.08. The van der Waals surface area contributed by atoms with Crippen molar-refractivity contribution in [2.45, 2.75) is 32.2 Å². The van der Waals surface area contributed by atoms with Gasteiger partial charge >= 0.3 is 0 Å². The highest BCUT2D eigenvalue weighted by atomic mass is 16.2. The number of hydrogen-bond donors (Lipinski definition) is 2. The minimum absolute atomic E-state index is 0.0176. The zero-order valence-electron chi connectivity index (χ0n) is 18.9. The molecule has 1 aliphatic heterocycles. The van der Waals surface area contributed by atoms with Gasteiger partial charge in [-0.15, -0.1) is 0 Å². The topological polar surface area (TPSA) is 64.7 Å². The highest BCUT2D eigenvalue weighted by molar-refractivity contribution is 5.99. The van der Waals surface area contributed by atoms with Crippen LogP contribution in [0.1, 0.15) is 45.5 Å². The number of carbonyl (C=O) groups excluding carboxylic acids is 2. The van der Waals surface area contributed by atoms with Crippen LogP contribution in [-0.4, -0.2) is 63.0 Å². The molecular formula is C25H34N4O2. The van der Waals surface area contributed by atoms with E-state index in [-0.39, 0.29) is 17.9 Å². The molecule has 2 N–H and O–H groups in total. The first-order valence-corrected chi connectivity index (χ1v) is 11.1. The highest BCUT2D eigenvalue weighted by Crippen LogP contribution is 2.24. The molecule has 2 amide bonds. The summed E-state index contributed by atoms with van der Waals surface area (Å²) in [6.07, 6.45) is 2.64. The van der Waals surface area contributed by atoms with Gasteiger partial charge in [0.05, 0.1) is 5.56 Å². The first kappa shape index (κ1) is 22.8. The van der Waals surface area contributed by atoms with E-state index in [0.717, 1.165) is 55.7 Å². The van der Waals surface area contributed by atoms with Gasteiger partial charge in [0.15, 0.2) is 0 Å². The summed E-state index contributed by atoms with van der Waals surface area (Å²) in [5.41, 5.74) is 3.53. The van der Waals surface area contributed by atoms with Crippen LogP contribution in [-0.2, 0) is 0 Å². The van der Waals surface area contributed by atoms with Gasteiger partial charge in [-0.25, -0.2) is 0 Å². The molecule has 0 bridgehead atoms. The predicted molar refractivity (Wildman–Crippen MR) is 126 cm³/mol. The fourth-order valence-corrected chi connectivity index (χ4v) is 3.87. The first-order chi connectivity index (χ1) is 14.9. The molecule has 3 rings (SSSR count). The third-order valence-electron chi connectivity index (χ3n) is 5.70. The van der Waals surface area contributed by atoms with Crippen LogP contribution >= 0.6 is 0 Å². The van der Waals surface area contributed by atoms with Gasteiger partial charge in [-0.3, -0.25) is 9.59 Å². The quantitative estimate of drug-likeness (QED) is 0.642. The third-order valence-corrected chi connectivity index (χ3v) is 5.70. The van der Waals surface area contributed by atoms with Crippen LogP contribution < -0.4 is 15.5 Å². The SMILES string of the molecule is Cc1ccc(C(=O)NC2CCN(c3ccccc3C(=O)NCCCN(C)C)CC2)cc1. The average Bonchev–Trinajstić information content (AvgIpc) is 2.77. The Balaban J connectivity index is 1.54. The van der Waals surface area contributed by atoms with E-state index in [1.807, 2.05) is 69.6 Å². The Morgan fingerprint density at radius 1 is 1.00 bits per heavy atom. The Morgan fingerprint density at radius 3 is 2.35 bits per heavy atom. The van der Waals surface area contributed by atoms with Gasteiger partial charge in [0.2, 0.25) is 0 Å². The van der Waals surface area contributed by atoms with E-state index >= 15 is 0 Å². The zero-order chi connectivity index (χ0) is 22.2. The van der Waals surface area contributed by atoms with Crippen molar-refractivity contribution in [1.29, 1.82) is 0 Å². The van der Waals surface area contributed by atoms with Gasteiger partial charge in [0, 0.05) is 36.9 Å². The van der Waals surface area contributed by atoms with E-state index < -0.39 is 0 Å². The fraction of sp³-hybridized carbons (Fsp3) is 0.440. The molecule has 1 fully saturated rings. The Kier molecular flexibility index (Phi) is 8.06. The van der Waals surface area contributed by atoms with E-state index in [9.17, 15) is 9.59 Å². The molecule has 0 aromatic heterocycles. The van der Waals surface area contributed by atoms with Gasteiger partial charge < -0.3 is 20.4 Å². The van der Waals surface area contributed by atoms with Gasteiger partial charge in [0.25, 0.3) is 11.8 Å². The number of hydrogen-bond acceptors (Lipinski definition) is 4. The maximum Gasteiger partial charge on any atom is 0.253 e. The lowest BCUT2D eigenvalue weighted by Gasteiger charge is -2.35. The molecule has 6 nitrogen and oxygen atoms in total. The summed E-state index contributed by atoms with van der Waals surface area (Å²) in [6, 6.07) is 15.6. The molecular weight excluding hydrogens is 388 g/mol. The Morgan fingerprint density at radius 2 is 1.68 bits per heavy atom. The van der Waals surface area contributed by atoms with Gasteiger partial charge in [-0.05, 0) is 71.1 Å². The number of nitrogens with zero attached hydrogens (tertiary/aromatic N) is 2. The normalized spacial score (nSPS) is 14.5. The van der Waals surface area contributed by atoms with Gasteiger partial charge in [0.1, 0.15) is 0 Å². The standard InChI is InChI=1S/C25H34N4O2/c1-19-9-11-20(12-10-19)24(30)27-21-13-17-29(18-14-21)23-8-5-4-7-22(23)25(31)26-15-6-16-28(2)3/h4-5,7-12,21H,6,13-18H2,1-3H3,(H,26,31)(H,27,30). The second kappa shape index (κ2) is 11.0. The van der Waals surface area contributed by atoms with Crippen LogP contribution in [0.25, 0.3) is 0 Å². The lowest BCUT2D eigenvalue weighted by atomic mass is 10.0. The monoisotopic (exact) mass is 422 g/mol. The average molecular weight is 423 g/mol. The van der Waals surface area contributed by atoms with Crippen molar-refractivity contribution < 1.29 is 9.59 Å². The molecule has 1 saturated heterocycles. The van der Waals surface area contributed by atoms with E-state index in [4.69, 9.17) is 0 Å². The number of amides is 2. The number of anilines is 1. The number of rotatable bonds is 8. The van der Waals surface area contributed by atoms with E-state index in [1.54, 1.807) is 0 Å². The van der Waals surface area contributed by atoms with Crippen molar-refractivity contribution in [3.63, 3.8) is 0 Å². The van der Waals surface area contributed by atoms with Crippen LogP contribution in [0.4, 0.5) is 5.69 Å². The molecule has 0 unspecified atom stereocenters. The lowest BCUT2D eigenvalue weighted by Crippen LogP contribution is -2.45. The summed E-state index contributed by atoms with van der Waals surface area (Å²) in [5, 5.41) is 6.20. The van der Waals surface area contributed by atoms with Crippen LogP contribution in [0.5, 0.6) is 0 Å². The van der Waals surface area contributed by atoms with E-state index in [0.29, 0.717) is 12.1 Å². The van der Waals surface area contributed by atoms with E-state index in [1.165, 1.54) is 0 Å². The molecule has 0 aliphatic carbocycles. The van der Waals surface area contributed by atoms with Crippen molar-refractivity contribution in [2.24, 2.45) is 0 Å². The molecule has 1 aliphatic rings. The molecule has 0 saturated carbocycles. The number of benzene rings is 2. The number of carbonyl (C=O) groups is 2. The minimum Gasteiger partial charge on any atom is -0.371 e. The van der Waals surface area contributed by atoms with Crippen molar-refractivity contribution in [1.82, 2.24) is 15.5 Å². The Bertz CT molecular complexity index is 871. The second-order valence-electron chi connectivity index (χ2n) is 8.53. The molecule has 0 atom stereocenters. The van der Waals surface area contributed by atoms with Crippen LogP contribution in [0.3, 0.4) is 0 Å². The molecule has 1 heterocycles. The summed E-state index contributed by atoms with van der Waals surface area (Å²) < 4.78 is 0. The molecule has 6 heteroatoms. The summed E-state index contributed by atoms with van der Waals surface area (Å²) in [7, 11) is 4.06. The molecule has 166 valence electrons. The lowest BCUT2D eigenvalue weighted by molar-refractivity contribution is 0.0929. The van der Waals surface area contributed by atoms with Crippen LogP contribution in [0.15, 0.2) is 48.5 Å². The maximum absolute atomic E-state index is 12.7. The summed E-state index contributed by atoms with van der Waals surface area (Å²) in [5.74, 6) is -0.0416. The largest absolute Gasteiger partial charge is 0.371 e. The second-order valence-corrected chi connectivity index (χ2v) is 8.53. The highest BCUT2D eigenvalue weighted by Gasteiger charge is 2.24. The van der Waals surface area contributed by atoms with Crippen molar-refractivity contribution in [3.05, 3.63) is 65.2 Å². The van der Waals surface area contributed by atoms with Crippen molar-refractivity contribution in [3.8, 4) is 0 Å². The van der Waals surface area contributed by atoms with Crippen molar-refractivity contribution in [2.75, 3.05) is 45.2 Å². The number of nitrogens with one attached hydrogen (secondary N) is 2. The Labute approximate surface area is 185 Å². The number of aryl methyl sites for hydroxylation is 1. The fourth-order valence-electron chi connectivity index (χ4n) is 3.87. The molecule has 0 spiro atoms. The molecule has 0 radical (unpaired) electrons. The first-order valence-electron chi connectivity index (χ1n) is 11.1. The number of para-hydroxylation sites is 1. The summed E-state index contributed by atoms with van der Waals surface area (Å²) in [6.45, 7) is 5.25. The van der Waals surface area contributed by atoms with Gasteiger partial charge in [-0.1, -0.05) is 29.8 Å². The molecule has 2 aromatic carbocycles. The smallest absolute Gasteiger partial charge is 0.253 e. The van der Waals surface area contributed by atoms with Crippen molar-refractivity contribution >= 4 is 17.5 Å². The van der Waals surface area contributed by atoms with E-state index in [2.05, 4.69) is 20.4 Å². The zero-order valence-corrected chi connectivity index (χ0v) is 18.9. The van der Waals surface area contributed by atoms with Gasteiger partial charge in [-0.2, -0.15) is 0 Å². The molecule has 31 heavy (non-hydrogen) atoms.